The molecule has 0 unspecified atom stereocenters. The van der Waals surface area contributed by atoms with Gasteiger partial charge in [0.15, 0.2) is 5.96 Å². The SMILES string of the molecule is CC[C@]1(C)CC(=O)N([C@@H]2CCOc3ccc(C(=O)N[C@@H]4c5cc(Cl)ccc5OC[C@@]4(C)O)cc32)C(=N)N1. The summed E-state index contributed by atoms with van der Waals surface area (Å²) in [6.07, 6.45) is 1.49. The van der Waals surface area contributed by atoms with Gasteiger partial charge in [0.05, 0.1) is 25.1 Å². The number of rotatable bonds is 4. The van der Waals surface area contributed by atoms with Crippen LogP contribution in [0.25, 0.3) is 0 Å². The maximum Gasteiger partial charge on any atom is 0.251 e. The van der Waals surface area contributed by atoms with E-state index in [-0.39, 0.29) is 24.9 Å². The van der Waals surface area contributed by atoms with Crippen LogP contribution in [-0.2, 0) is 4.79 Å². The number of amides is 2. The minimum atomic E-state index is -1.36. The first-order valence-electron chi connectivity index (χ1n) is 12.4. The van der Waals surface area contributed by atoms with Crippen molar-refractivity contribution in [3.8, 4) is 11.5 Å². The molecule has 0 bridgehead atoms. The van der Waals surface area contributed by atoms with Crippen molar-refractivity contribution in [2.75, 3.05) is 13.2 Å². The molecule has 4 atom stereocenters. The number of hydrogen-bond donors (Lipinski definition) is 4. The summed E-state index contributed by atoms with van der Waals surface area (Å²) in [5, 5.41) is 26.2. The number of aliphatic hydroxyl groups is 1. The van der Waals surface area contributed by atoms with Crippen molar-refractivity contribution in [3.05, 3.63) is 58.1 Å². The lowest BCUT2D eigenvalue weighted by molar-refractivity contribution is -0.132. The summed E-state index contributed by atoms with van der Waals surface area (Å²) >= 11 is 6.19. The number of halogens is 1. The average molecular weight is 527 g/mol. The molecule has 0 aliphatic carbocycles. The number of benzene rings is 2. The lowest BCUT2D eigenvalue weighted by Crippen LogP contribution is -2.61. The van der Waals surface area contributed by atoms with Crippen LogP contribution in [0, 0.1) is 5.41 Å². The normalized spacial score (nSPS) is 28.8. The number of nitrogens with one attached hydrogen (secondary N) is 3. The van der Waals surface area contributed by atoms with Crippen molar-refractivity contribution in [1.29, 1.82) is 5.41 Å². The Morgan fingerprint density at radius 2 is 1.95 bits per heavy atom. The van der Waals surface area contributed by atoms with Crippen LogP contribution < -0.4 is 20.1 Å². The molecule has 0 aromatic heterocycles. The Labute approximate surface area is 220 Å². The van der Waals surface area contributed by atoms with Crippen LogP contribution in [0.5, 0.6) is 11.5 Å². The Morgan fingerprint density at radius 3 is 2.68 bits per heavy atom. The largest absolute Gasteiger partial charge is 0.493 e. The van der Waals surface area contributed by atoms with E-state index in [1.54, 1.807) is 43.3 Å². The Kier molecular flexibility index (Phi) is 6.32. The Hall–Kier alpha value is -3.30. The average Bonchev–Trinajstić information content (AvgIpc) is 2.85. The zero-order valence-corrected chi connectivity index (χ0v) is 21.8. The number of carbonyl (C=O) groups excluding carboxylic acids is 2. The third-order valence-electron chi connectivity index (χ3n) is 7.54. The summed E-state index contributed by atoms with van der Waals surface area (Å²) in [4.78, 5) is 28.1. The van der Waals surface area contributed by atoms with Crippen LogP contribution in [0.15, 0.2) is 36.4 Å². The van der Waals surface area contributed by atoms with Crippen LogP contribution >= 0.6 is 11.6 Å². The van der Waals surface area contributed by atoms with Gasteiger partial charge in [-0.15, -0.1) is 0 Å². The summed E-state index contributed by atoms with van der Waals surface area (Å²) in [5.41, 5.74) is -0.211. The van der Waals surface area contributed by atoms with Crippen LogP contribution in [0.1, 0.15) is 73.6 Å². The molecular weight excluding hydrogens is 496 g/mol. The standard InChI is InChI=1S/C27H31ClN4O5/c1-4-26(2)13-22(33)32(25(29)31-26)19-9-10-36-20-7-5-15(11-17(19)20)24(34)30-23-18-12-16(28)6-8-21(18)37-14-27(23,3)35/h5-8,11-12,19,23,35H,4,9-10,13-14H2,1-3H3,(H2,29,31)(H,30,34)/t19-,23-,26-,27-/m1/s1. The van der Waals surface area contributed by atoms with Crippen LogP contribution in [0.4, 0.5) is 0 Å². The first kappa shape index (κ1) is 25.4. The van der Waals surface area contributed by atoms with Crippen LogP contribution in [0.3, 0.4) is 0 Å². The fraction of sp³-hybridized carbons (Fsp3) is 0.444. The van der Waals surface area contributed by atoms with Gasteiger partial charge < -0.3 is 25.2 Å². The summed E-state index contributed by atoms with van der Waals surface area (Å²) in [5.74, 6) is 0.649. The Morgan fingerprint density at radius 1 is 1.22 bits per heavy atom. The molecule has 2 amide bonds. The first-order valence-corrected chi connectivity index (χ1v) is 12.8. The third kappa shape index (κ3) is 4.62. The molecule has 37 heavy (non-hydrogen) atoms. The fourth-order valence-corrected chi connectivity index (χ4v) is 5.41. The maximum absolute atomic E-state index is 13.4. The number of ether oxygens (including phenoxy) is 2. The highest BCUT2D eigenvalue weighted by Gasteiger charge is 2.43. The van der Waals surface area contributed by atoms with Gasteiger partial charge in [-0.2, -0.15) is 0 Å². The quantitative estimate of drug-likeness (QED) is 0.481. The van der Waals surface area contributed by atoms with E-state index in [2.05, 4.69) is 10.6 Å². The lowest BCUT2D eigenvalue weighted by atomic mass is 9.87. The molecular formula is C27H31ClN4O5. The van der Waals surface area contributed by atoms with Gasteiger partial charge in [0.1, 0.15) is 23.7 Å². The predicted octanol–water partition coefficient (Wildman–Crippen LogP) is 3.70. The van der Waals surface area contributed by atoms with Crippen molar-refractivity contribution >= 4 is 29.4 Å². The topological polar surface area (TPSA) is 124 Å². The van der Waals surface area contributed by atoms with Crippen molar-refractivity contribution in [3.63, 3.8) is 0 Å². The van der Waals surface area contributed by atoms with Crippen molar-refractivity contribution in [2.45, 2.75) is 63.3 Å². The third-order valence-corrected chi connectivity index (χ3v) is 7.78. The van der Waals surface area contributed by atoms with Crippen molar-refractivity contribution in [2.24, 2.45) is 0 Å². The zero-order chi connectivity index (χ0) is 26.5. The molecule has 9 nitrogen and oxygen atoms in total. The maximum atomic E-state index is 13.4. The van der Waals surface area contributed by atoms with Gasteiger partial charge in [-0.1, -0.05) is 18.5 Å². The molecule has 3 aliphatic heterocycles. The number of nitrogens with zero attached hydrogens (tertiary/aromatic N) is 1. The highest BCUT2D eigenvalue weighted by molar-refractivity contribution is 6.30. The molecule has 3 heterocycles. The molecule has 3 aliphatic rings. The summed E-state index contributed by atoms with van der Waals surface area (Å²) in [6.45, 7) is 5.93. The number of hydrogen-bond acceptors (Lipinski definition) is 6. The monoisotopic (exact) mass is 526 g/mol. The molecule has 2 aromatic carbocycles. The van der Waals surface area contributed by atoms with Gasteiger partial charge in [-0.25, -0.2) is 0 Å². The number of fused-ring (bicyclic) bond motifs is 2. The molecule has 1 fully saturated rings. The lowest BCUT2D eigenvalue weighted by Gasteiger charge is -2.44. The van der Waals surface area contributed by atoms with Gasteiger partial charge in [-0.3, -0.25) is 19.9 Å². The molecule has 2 aromatic rings. The van der Waals surface area contributed by atoms with E-state index in [1.807, 2.05) is 13.8 Å². The van der Waals surface area contributed by atoms with E-state index >= 15 is 0 Å². The summed E-state index contributed by atoms with van der Waals surface area (Å²) in [7, 11) is 0. The van der Waals surface area contributed by atoms with Gasteiger partial charge in [0.2, 0.25) is 5.91 Å². The molecule has 10 heteroatoms. The fourth-order valence-electron chi connectivity index (χ4n) is 5.23. The van der Waals surface area contributed by atoms with Crippen molar-refractivity contribution in [1.82, 2.24) is 15.5 Å². The van der Waals surface area contributed by atoms with Gasteiger partial charge in [-0.05, 0) is 56.7 Å². The van der Waals surface area contributed by atoms with Crippen LogP contribution in [0.2, 0.25) is 5.02 Å². The van der Waals surface area contributed by atoms with E-state index in [9.17, 15) is 14.7 Å². The second kappa shape index (κ2) is 9.22. The predicted molar refractivity (Wildman–Crippen MR) is 138 cm³/mol. The Bertz CT molecular complexity index is 1260. The first-order chi connectivity index (χ1) is 17.5. The highest BCUT2D eigenvalue weighted by Crippen LogP contribution is 2.41. The van der Waals surface area contributed by atoms with Crippen LogP contribution in [-0.4, -0.2) is 52.1 Å². The Balaban J connectivity index is 1.44. The summed E-state index contributed by atoms with van der Waals surface area (Å²) in [6, 6.07) is 8.97. The second-order valence-electron chi connectivity index (χ2n) is 10.5. The van der Waals surface area contributed by atoms with E-state index in [4.69, 9.17) is 26.5 Å². The molecule has 0 radical (unpaired) electrons. The molecule has 196 valence electrons. The minimum Gasteiger partial charge on any atom is -0.493 e. The molecule has 5 rings (SSSR count). The van der Waals surface area contributed by atoms with E-state index in [0.29, 0.717) is 52.7 Å². The highest BCUT2D eigenvalue weighted by atomic mass is 35.5. The smallest absolute Gasteiger partial charge is 0.251 e. The number of guanidine groups is 1. The molecule has 1 saturated heterocycles. The number of carbonyl (C=O) groups is 2. The molecule has 0 saturated carbocycles. The van der Waals surface area contributed by atoms with Gasteiger partial charge in [0, 0.05) is 33.7 Å². The second-order valence-corrected chi connectivity index (χ2v) is 10.9. The minimum absolute atomic E-state index is 0.00947. The summed E-state index contributed by atoms with van der Waals surface area (Å²) < 4.78 is 11.5. The molecule has 0 spiro atoms. The van der Waals surface area contributed by atoms with Gasteiger partial charge in [0.25, 0.3) is 5.91 Å². The van der Waals surface area contributed by atoms with E-state index < -0.39 is 29.1 Å². The van der Waals surface area contributed by atoms with E-state index in [0.717, 1.165) is 0 Å². The molecule has 4 N–H and O–H groups in total. The zero-order valence-electron chi connectivity index (χ0n) is 21.1. The van der Waals surface area contributed by atoms with Gasteiger partial charge >= 0.3 is 0 Å². The van der Waals surface area contributed by atoms with E-state index in [1.165, 1.54) is 4.90 Å². The van der Waals surface area contributed by atoms with Crippen molar-refractivity contribution < 1.29 is 24.2 Å².